The number of nitrogens with zero attached hydrogens (tertiary/aromatic N) is 2. The summed E-state index contributed by atoms with van der Waals surface area (Å²) in [5, 5.41) is 19.8. The lowest BCUT2D eigenvalue weighted by molar-refractivity contribution is -0.385. The molecule has 7 nitrogen and oxygen atoms in total. The number of H-pyrrole nitrogens is 1. The largest absolute Gasteiger partial charge is 0.344 e. The highest BCUT2D eigenvalue weighted by molar-refractivity contribution is 5.96. The minimum atomic E-state index is -0.610. The van der Waals surface area contributed by atoms with Gasteiger partial charge >= 0.3 is 5.69 Å². The number of amides is 1. The predicted molar refractivity (Wildman–Crippen MR) is 72.3 cm³/mol. The molecule has 2 aromatic rings. The van der Waals surface area contributed by atoms with Gasteiger partial charge in [-0.2, -0.15) is 5.10 Å². The Morgan fingerprint density at radius 2 is 2.05 bits per heavy atom. The Bertz CT molecular complexity index is 636. The lowest BCUT2D eigenvalue weighted by atomic mass is 10.1. The molecule has 0 aliphatic carbocycles. The predicted octanol–water partition coefficient (Wildman–Crippen LogP) is 2.12. The second-order valence-electron chi connectivity index (χ2n) is 4.41. The minimum absolute atomic E-state index is 0.199. The first-order valence-corrected chi connectivity index (χ1v) is 6.06. The molecule has 0 bridgehead atoms. The van der Waals surface area contributed by atoms with Crippen LogP contribution in [0.25, 0.3) is 0 Å². The van der Waals surface area contributed by atoms with Gasteiger partial charge in [0.1, 0.15) is 5.69 Å². The van der Waals surface area contributed by atoms with Crippen molar-refractivity contribution in [2.75, 3.05) is 0 Å². The molecule has 104 valence electrons. The average molecular weight is 274 g/mol. The number of hydrogen-bond acceptors (Lipinski definition) is 4. The molecule has 0 radical (unpaired) electrons. The molecule has 0 fully saturated rings. The topological polar surface area (TPSA) is 101 Å². The first-order valence-electron chi connectivity index (χ1n) is 6.06. The van der Waals surface area contributed by atoms with Crippen molar-refractivity contribution in [2.24, 2.45) is 0 Å². The van der Waals surface area contributed by atoms with Crippen LogP contribution in [0.15, 0.2) is 30.3 Å². The first kappa shape index (κ1) is 13.7. The molecule has 2 rings (SSSR count). The number of rotatable bonds is 4. The van der Waals surface area contributed by atoms with Gasteiger partial charge in [0.25, 0.3) is 5.91 Å². The van der Waals surface area contributed by atoms with Gasteiger partial charge in [0.2, 0.25) is 5.69 Å². The van der Waals surface area contributed by atoms with Crippen LogP contribution in [-0.2, 0) is 0 Å². The van der Waals surface area contributed by atoms with E-state index in [0.29, 0.717) is 0 Å². The van der Waals surface area contributed by atoms with Gasteiger partial charge in [-0.05, 0) is 19.4 Å². The summed E-state index contributed by atoms with van der Waals surface area (Å²) in [4.78, 5) is 22.4. The van der Waals surface area contributed by atoms with Crippen LogP contribution in [0.2, 0.25) is 0 Å². The van der Waals surface area contributed by atoms with E-state index in [1.807, 2.05) is 30.3 Å². The molecular weight excluding hydrogens is 260 g/mol. The zero-order valence-electron chi connectivity index (χ0n) is 11.1. The lowest BCUT2D eigenvalue weighted by Gasteiger charge is -2.12. The molecule has 1 heterocycles. The van der Waals surface area contributed by atoms with Crippen molar-refractivity contribution in [3.05, 3.63) is 57.4 Å². The summed E-state index contributed by atoms with van der Waals surface area (Å²) >= 11 is 0. The molecule has 0 saturated heterocycles. The summed E-state index contributed by atoms with van der Waals surface area (Å²) < 4.78 is 0. The Kier molecular flexibility index (Phi) is 3.79. The Balaban J connectivity index is 2.19. The number of aromatic amines is 1. The zero-order valence-corrected chi connectivity index (χ0v) is 11.1. The van der Waals surface area contributed by atoms with Gasteiger partial charge in [-0.3, -0.25) is 20.0 Å². The molecule has 0 aliphatic rings. The van der Waals surface area contributed by atoms with Crippen LogP contribution in [0.1, 0.15) is 34.7 Å². The van der Waals surface area contributed by atoms with Crippen molar-refractivity contribution < 1.29 is 9.72 Å². The van der Waals surface area contributed by atoms with Crippen LogP contribution in [0.5, 0.6) is 0 Å². The van der Waals surface area contributed by atoms with Crippen molar-refractivity contribution in [2.45, 2.75) is 19.9 Å². The summed E-state index contributed by atoms with van der Waals surface area (Å²) in [6, 6.07) is 9.07. The van der Waals surface area contributed by atoms with Gasteiger partial charge in [-0.15, -0.1) is 0 Å². The van der Waals surface area contributed by atoms with E-state index in [4.69, 9.17) is 0 Å². The number of nitro groups is 1. The Labute approximate surface area is 115 Å². The molecule has 7 heteroatoms. The van der Waals surface area contributed by atoms with E-state index in [1.165, 1.54) is 6.92 Å². The number of carbonyl (C=O) groups is 1. The van der Waals surface area contributed by atoms with Crippen molar-refractivity contribution in [3.8, 4) is 0 Å². The fourth-order valence-corrected chi connectivity index (χ4v) is 1.90. The van der Waals surface area contributed by atoms with Gasteiger partial charge < -0.3 is 5.32 Å². The number of benzene rings is 1. The van der Waals surface area contributed by atoms with Crippen molar-refractivity contribution in [1.29, 1.82) is 0 Å². The molecule has 1 aromatic carbocycles. The van der Waals surface area contributed by atoms with Gasteiger partial charge in [-0.25, -0.2) is 0 Å². The third-order valence-electron chi connectivity index (χ3n) is 2.96. The second-order valence-corrected chi connectivity index (χ2v) is 4.41. The maximum Gasteiger partial charge on any atom is 0.322 e. The van der Waals surface area contributed by atoms with Crippen LogP contribution in [0.3, 0.4) is 0 Å². The maximum atomic E-state index is 12.1. The number of nitrogens with one attached hydrogen (secondary N) is 2. The number of carbonyl (C=O) groups excluding carboxylic acids is 1. The normalized spacial score (nSPS) is 11.9. The highest BCUT2D eigenvalue weighted by Crippen LogP contribution is 2.21. The number of hydrogen-bond donors (Lipinski definition) is 2. The van der Waals surface area contributed by atoms with E-state index in [2.05, 4.69) is 15.5 Å². The van der Waals surface area contributed by atoms with E-state index >= 15 is 0 Å². The highest BCUT2D eigenvalue weighted by atomic mass is 16.6. The van der Waals surface area contributed by atoms with Gasteiger partial charge in [0.05, 0.1) is 11.0 Å². The highest BCUT2D eigenvalue weighted by Gasteiger charge is 2.27. The van der Waals surface area contributed by atoms with Crippen LogP contribution in [0, 0.1) is 17.0 Å². The lowest BCUT2D eigenvalue weighted by Crippen LogP contribution is -2.27. The Hall–Kier alpha value is -2.70. The van der Waals surface area contributed by atoms with E-state index < -0.39 is 10.8 Å². The minimum Gasteiger partial charge on any atom is -0.344 e. The molecule has 0 aliphatic heterocycles. The smallest absolute Gasteiger partial charge is 0.322 e. The third kappa shape index (κ3) is 2.66. The van der Waals surface area contributed by atoms with E-state index in [-0.39, 0.29) is 23.1 Å². The molecular formula is C13H14N4O3. The maximum absolute atomic E-state index is 12.1. The van der Waals surface area contributed by atoms with E-state index in [0.717, 1.165) is 5.56 Å². The first-order chi connectivity index (χ1) is 9.50. The summed E-state index contributed by atoms with van der Waals surface area (Å²) in [5.74, 6) is -0.572. The van der Waals surface area contributed by atoms with Gasteiger partial charge in [0.15, 0.2) is 0 Å². The van der Waals surface area contributed by atoms with Crippen molar-refractivity contribution in [1.82, 2.24) is 15.5 Å². The zero-order chi connectivity index (χ0) is 14.7. The Morgan fingerprint density at radius 1 is 1.40 bits per heavy atom. The summed E-state index contributed by atoms with van der Waals surface area (Å²) in [7, 11) is 0. The van der Waals surface area contributed by atoms with Crippen molar-refractivity contribution >= 4 is 11.6 Å². The summed E-state index contributed by atoms with van der Waals surface area (Å²) in [6.45, 7) is 3.31. The molecule has 1 atom stereocenters. The Morgan fingerprint density at radius 3 is 2.65 bits per heavy atom. The van der Waals surface area contributed by atoms with Crippen molar-refractivity contribution in [3.63, 3.8) is 0 Å². The summed E-state index contributed by atoms with van der Waals surface area (Å²) in [6.07, 6.45) is 0. The van der Waals surface area contributed by atoms with Crippen LogP contribution < -0.4 is 5.32 Å². The molecule has 1 aromatic heterocycles. The van der Waals surface area contributed by atoms with E-state index in [1.54, 1.807) is 6.92 Å². The standard InChI is InChI=1S/C13H14N4O3/c1-8(10-6-4-3-5-7-10)14-13(18)11-12(17(19)20)9(2)15-16-11/h3-8H,1-2H3,(H,14,18)(H,15,16). The number of aryl methyl sites for hydroxylation is 1. The van der Waals surface area contributed by atoms with Crippen LogP contribution >= 0.6 is 0 Å². The number of aromatic nitrogens is 2. The van der Waals surface area contributed by atoms with Gasteiger partial charge in [0, 0.05) is 0 Å². The molecule has 1 unspecified atom stereocenters. The fourth-order valence-electron chi connectivity index (χ4n) is 1.90. The SMILES string of the molecule is Cc1[nH]nc(C(=O)NC(C)c2ccccc2)c1[N+](=O)[O-]. The molecule has 20 heavy (non-hydrogen) atoms. The fraction of sp³-hybridized carbons (Fsp3) is 0.231. The quantitative estimate of drug-likeness (QED) is 0.658. The molecule has 0 saturated carbocycles. The third-order valence-corrected chi connectivity index (χ3v) is 2.96. The monoisotopic (exact) mass is 274 g/mol. The molecule has 0 spiro atoms. The van der Waals surface area contributed by atoms with E-state index in [9.17, 15) is 14.9 Å². The summed E-state index contributed by atoms with van der Waals surface area (Å²) in [5.41, 5.74) is 0.682. The second kappa shape index (κ2) is 5.52. The molecule has 2 N–H and O–H groups in total. The van der Waals surface area contributed by atoms with Crippen LogP contribution in [0.4, 0.5) is 5.69 Å². The van der Waals surface area contributed by atoms with Gasteiger partial charge in [-0.1, -0.05) is 30.3 Å². The van der Waals surface area contributed by atoms with Crippen LogP contribution in [-0.4, -0.2) is 21.0 Å². The average Bonchev–Trinajstić information content (AvgIpc) is 2.81. The molecule has 1 amide bonds.